The van der Waals surface area contributed by atoms with Crippen LogP contribution in [-0.4, -0.2) is 38.8 Å². The standard InChI is InChI=1S/C17H26N2O3.ClH/c1-21-10-11-22-15-8-6-13(7-9-15)17(20)19-16-5-3-2-4-14(16)12-18;/h6-9,14,16H,2-5,10-12,18H2,1H3,(H,19,20);1H. The molecule has 3 N–H and O–H groups in total. The second kappa shape index (κ2) is 10.5. The zero-order valence-electron chi connectivity index (χ0n) is 13.6. The quantitative estimate of drug-likeness (QED) is 0.746. The molecule has 1 aliphatic rings. The first kappa shape index (κ1) is 19.7. The van der Waals surface area contributed by atoms with E-state index in [2.05, 4.69) is 5.32 Å². The summed E-state index contributed by atoms with van der Waals surface area (Å²) in [6.45, 7) is 1.68. The summed E-state index contributed by atoms with van der Waals surface area (Å²) >= 11 is 0. The van der Waals surface area contributed by atoms with E-state index in [1.165, 1.54) is 6.42 Å². The lowest BCUT2D eigenvalue weighted by Gasteiger charge is -2.31. The smallest absolute Gasteiger partial charge is 0.251 e. The predicted molar refractivity (Wildman–Crippen MR) is 93.3 cm³/mol. The van der Waals surface area contributed by atoms with Crippen LogP contribution >= 0.6 is 12.4 Å². The van der Waals surface area contributed by atoms with Crippen LogP contribution in [0.1, 0.15) is 36.0 Å². The van der Waals surface area contributed by atoms with Gasteiger partial charge in [-0.3, -0.25) is 4.79 Å². The van der Waals surface area contributed by atoms with Crippen LogP contribution in [-0.2, 0) is 4.74 Å². The normalized spacial score (nSPS) is 20.4. The van der Waals surface area contributed by atoms with E-state index in [0.29, 0.717) is 31.2 Å². The number of methoxy groups -OCH3 is 1. The maximum Gasteiger partial charge on any atom is 0.251 e. The van der Waals surface area contributed by atoms with Crippen molar-refractivity contribution in [2.24, 2.45) is 11.7 Å². The van der Waals surface area contributed by atoms with Gasteiger partial charge >= 0.3 is 0 Å². The van der Waals surface area contributed by atoms with Crippen molar-refractivity contribution in [2.75, 3.05) is 26.9 Å². The van der Waals surface area contributed by atoms with Gasteiger partial charge in [-0.2, -0.15) is 0 Å². The molecule has 0 radical (unpaired) electrons. The Bertz CT molecular complexity index is 467. The molecule has 1 aromatic rings. The number of carbonyl (C=O) groups excluding carboxylic acids is 1. The Morgan fingerprint density at radius 3 is 2.57 bits per heavy atom. The van der Waals surface area contributed by atoms with E-state index in [4.69, 9.17) is 15.2 Å². The summed E-state index contributed by atoms with van der Waals surface area (Å²) < 4.78 is 10.4. The Hall–Kier alpha value is -1.30. The average Bonchev–Trinajstić information content (AvgIpc) is 2.56. The van der Waals surface area contributed by atoms with Crippen LogP contribution < -0.4 is 15.8 Å². The number of nitrogens with two attached hydrogens (primary N) is 1. The van der Waals surface area contributed by atoms with Crippen molar-refractivity contribution in [1.82, 2.24) is 5.32 Å². The largest absolute Gasteiger partial charge is 0.491 e. The zero-order chi connectivity index (χ0) is 15.8. The minimum Gasteiger partial charge on any atom is -0.491 e. The molecule has 2 atom stereocenters. The number of rotatable bonds is 7. The van der Waals surface area contributed by atoms with Crippen molar-refractivity contribution < 1.29 is 14.3 Å². The molecular formula is C17H27ClN2O3. The van der Waals surface area contributed by atoms with E-state index in [-0.39, 0.29) is 24.4 Å². The van der Waals surface area contributed by atoms with Gasteiger partial charge < -0.3 is 20.5 Å². The number of hydrogen-bond acceptors (Lipinski definition) is 4. The highest BCUT2D eigenvalue weighted by Gasteiger charge is 2.25. The van der Waals surface area contributed by atoms with E-state index in [0.717, 1.165) is 25.0 Å². The van der Waals surface area contributed by atoms with Gasteiger partial charge in [-0.15, -0.1) is 12.4 Å². The van der Waals surface area contributed by atoms with Crippen LogP contribution in [0, 0.1) is 5.92 Å². The van der Waals surface area contributed by atoms with Gasteiger partial charge in [0.25, 0.3) is 5.91 Å². The molecule has 0 bridgehead atoms. The van der Waals surface area contributed by atoms with Gasteiger partial charge in [0.05, 0.1) is 6.61 Å². The summed E-state index contributed by atoms with van der Waals surface area (Å²) in [5.41, 5.74) is 6.46. The minimum absolute atomic E-state index is 0. The summed E-state index contributed by atoms with van der Waals surface area (Å²) in [6.07, 6.45) is 4.50. The fourth-order valence-corrected chi connectivity index (χ4v) is 2.88. The first-order valence-electron chi connectivity index (χ1n) is 7.97. The van der Waals surface area contributed by atoms with E-state index in [1.54, 1.807) is 19.2 Å². The molecule has 0 saturated heterocycles. The molecule has 0 aliphatic heterocycles. The number of nitrogens with one attached hydrogen (secondary N) is 1. The third-order valence-electron chi connectivity index (χ3n) is 4.20. The lowest BCUT2D eigenvalue weighted by molar-refractivity contribution is 0.0908. The summed E-state index contributed by atoms with van der Waals surface area (Å²) in [5.74, 6) is 1.11. The third kappa shape index (κ3) is 6.01. The van der Waals surface area contributed by atoms with Crippen LogP contribution in [0.3, 0.4) is 0 Å². The van der Waals surface area contributed by atoms with Gasteiger partial charge in [0, 0.05) is 18.7 Å². The van der Waals surface area contributed by atoms with Crippen molar-refractivity contribution in [3.63, 3.8) is 0 Å². The van der Waals surface area contributed by atoms with Gasteiger partial charge in [-0.05, 0) is 49.6 Å². The molecule has 0 aromatic heterocycles. The van der Waals surface area contributed by atoms with Crippen LogP contribution in [0.5, 0.6) is 5.75 Å². The van der Waals surface area contributed by atoms with Crippen LogP contribution in [0.15, 0.2) is 24.3 Å². The van der Waals surface area contributed by atoms with Crippen molar-refractivity contribution in [2.45, 2.75) is 31.7 Å². The molecular weight excluding hydrogens is 316 g/mol. The lowest BCUT2D eigenvalue weighted by Crippen LogP contribution is -2.44. The van der Waals surface area contributed by atoms with Crippen LogP contribution in [0.4, 0.5) is 0 Å². The molecule has 2 unspecified atom stereocenters. The van der Waals surface area contributed by atoms with E-state index in [9.17, 15) is 4.79 Å². The highest BCUT2D eigenvalue weighted by molar-refractivity contribution is 5.94. The molecule has 130 valence electrons. The van der Waals surface area contributed by atoms with Gasteiger partial charge in [-0.1, -0.05) is 12.8 Å². The molecule has 0 heterocycles. The Morgan fingerprint density at radius 1 is 1.22 bits per heavy atom. The molecule has 6 heteroatoms. The Labute approximate surface area is 144 Å². The topological polar surface area (TPSA) is 73.6 Å². The van der Waals surface area contributed by atoms with Gasteiger partial charge in [-0.25, -0.2) is 0 Å². The van der Waals surface area contributed by atoms with Gasteiger partial charge in [0.1, 0.15) is 12.4 Å². The second-order valence-corrected chi connectivity index (χ2v) is 5.73. The maximum atomic E-state index is 12.3. The zero-order valence-corrected chi connectivity index (χ0v) is 14.4. The molecule has 2 rings (SSSR count). The number of carbonyl (C=O) groups is 1. The lowest BCUT2D eigenvalue weighted by atomic mass is 9.84. The van der Waals surface area contributed by atoms with Crippen LogP contribution in [0.2, 0.25) is 0 Å². The van der Waals surface area contributed by atoms with Crippen molar-refractivity contribution in [3.05, 3.63) is 29.8 Å². The fraction of sp³-hybridized carbons (Fsp3) is 0.588. The number of amides is 1. The first-order valence-corrected chi connectivity index (χ1v) is 7.97. The molecule has 1 aliphatic carbocycles. The maximum absolute atomic E-state index is 12.3. The molecule has 1 aromatic carbocycles. The highest BCUT2D eigenvalue weighted by Crippen LogP contribution is 2.24. The minimum atomic E-state index is -0.0335. The average molecular weight is 343 g/mol. The monoisotopic (exact) mass is 342 g/mol. The Morgan fingerprint density at radius 2 is 1.91 bits per heavy atom. The van der Waals surface area contributed by atoms with Crippen molar-refractivity contribution in [3.8, 4) is 5.75 Å². The third-order valence-corrected chi connectivity index (χ3v) is 4.20. The van der Waals surface area contributed by atoms with E-state index < -0.39 is 0 Å². The Balaban J connectivity index is 0.00000264. The molecule has 0 spiro atoms. The molecule has 23 heavy (non-hydrogen) atoms. The molecule has 1 fully saturated rings. The summed E-state index contributed by atoms with van der Waals surface area (Å²) in [5, 5.41) is 3.13. The van der Waals surface area contributed by atoms with Gasteiger partial charge in [0.15, 0.2) is 0 Å². The van der Waals surface area contributed by atoms with E-state index in [1.807, 2.05) is 12.1 Å². The summed E-state index contributed by atoms with van der Waals surface area (Å²) in [6, 6.07) is 7.40. The number of halogens is 1. The first-order chi connectivity index (χ1) is 10.7. The Kier molecular flexibility index (Phi) is 8.99. The van der Waals surface area contributed by atoms with Crippen molar-refractivity contribution >= 4 is 18.3 Å². The molecule has 5 nitrogen and oxygen atoms in total. The van der Waals surface area contributed by atoms with E-state index >= 15 is 0 Å². The van der Waals surface area contributed by atoms with Crippen molar-refractivity contribution in [1.29, 1.82) is 0 Å². The van der Waals surface area contributed by atoms with Crippen LogP contribution in [0.25, 0.3) is 0 Å². The second-order valence-electron chi connectivity index (χ2n) is 5.73. The predicted octanol–water partition coefficient (Wildman–Crippen LogP) is 2.38. The number of hydrogen-bond donors (Lipinski definition) is 2. The molecule has 1 saturated carbocycles. The summed E-state index contributed by atoms with van der Waals surface area (Å²) in [4.78, 5) is 12.3. The number of benzene rings is 1. The highest BCUT2D eigenvalue weighted by atomic mass is 35.5. The van der Waals surface area contributed by atoms with Gasteiger partial charge in [0.2, 0.25) is 0 Å². The fourth-order valence-electron chi connectivity index (χ4n) is 2.88. The number of ether oxygens (including phenoxy) is 2. The molecule has 1 amide bonds. The SMILES string of the molecule is COCCOc1ccc(C(=O)NC2CCCCC2CN)cc1.Cl. The summed E-state index contributed by atoms with van der Waals surface area (Å²) in [7, 11) is 1.64.